The molecule has 0 bridgehead atoms. The molecule has 0 saturated heterocycles. The highest BCUT2D eigenvalue weighted by atomic mass is 19.4. The molecule has 3 aromatic carbocycles. The number of rotatable bonds is 5. The first-order valence-electron chi connectivity index (χ1n) is 10.4. The molecular formula is C25H18F4N2O4. The fourth-order valence-electron chi connectivity index (χ4n) is 3.32. The van der Waals surface area contributed by atoms with Crippen molar-refractivity contribution in [3.05, 3.63) is 89.2 Å². The third-order valence-electron chi connectivity index (χ3n) is 4.95. The summed E-state index contributed by atoms with van der Waals surface area (Å²) < 4.78 is 65.6. The quantitative estimate of drug-likeness (QED) is 0.368. The van der Waals surface area contributed by atoms with Crippen LogP contribution in [0.1, 0.15) is 21.5 Å². The van der Waals surface area contributed by atoms with Gasteiger partial charge in [0.15, 0.2) is 11.5 Å². The second kappa shape index (κ2) is 9.88. The van der Waals surface area contributed by atoms with Crippen LogP contribution in [0.2, 0.25) is 0 Å². The van der Waals surface area contributed by atoms with E-state index in [2.05, 4.69) is 10.6 Å². The van der Waals surface area contributed by atoms with E-state index in [-0.39, 0.29) is 11.3 Å². The molecule has 10 heteroatoms. The van der Waals surface area contributed by atoms with E-state index in [4.69, 9.17) is 9.47 Å². The summed E-state index contributed by atoms with van der Waals surface area (Å²) in [6.07, 6.45) is -2.33. The number of alkyl halides is 3. The van der Waals surface area contributed by atoms with E-state index in [9.17, 15) is 27.2 Å². The van der Waals surface area contributed by atoms with Gasteiger partial charge in [-0.3, -0.25) is 9.59 Å². The van der Waals surface area contributed by atoms with Gasteiger partial charge in [0.1, 0.15) is 19.0 Å². The van der Waals surface area contributed by atoms with E-state index >= 15 is 0 Å². The number of hydrogen-bond acceptors (Lipinski definition) is 4. The zero-order valence-electron chi connectivity index (χ0n) is 18.0. The molecule has 0 radical (unpaired) electrons. The van der Waals surface area contributed by atoms with Crippen molar-refractivity contribution in [3.8, 4) is 11.5 Å². The standard InChI is InChI=1S/C25H18F4N2O4/c26-19-4-2-1-3-17(19)24(33)30-16-7-8-20(18(14-16)25(27,28)29)31-23(32)10-6-15-5-9-21-22(13-15)35-12-11-34-21/h1-10,13-14H,11-12H2,(H,30,33)(H,31,32)/b10-6+. The first-order chi connectivity index (χ1) is 16.7. The summed E-state index contributed by atoms with van der Waals surface area (Å²) in [5, 5.41) is 4.43. The van der Waals surface area contributed by atoms with Gasteiger partial charge in [0.2, 0.25) is 5.91 Å². The Kier molecular flexibility index (Phi) is 6.72. The molecular weight excluding hydrogens is 468 g/mol. The maximum absolute atomic E-state index is 13.8. The number of carbonyl (C=O) groups excluding carboxylic acids is 2. The molecule has 2 N–H and O–H groups in total. The van der Waals surface area contributed by atoms with Crippen molar-refractivity contribution in [2.24, 2.45) is 0 Å². The molecule has 0 fully saturated rings. The fourth-order valence-corrected chi connectivity index (χ4v) is 3.32. The second-order valence-corrected chi connectivity index (χ2v) is 7.42. The van der Waals surface area contributed by atoms with Crippen molar-refractivity contribution in [1.29, 1.82) is 0 Å². The molecule has 0 aliphatic carbocycles. The number of ether oxygens (including phenoxy) is 2. The smallest absolute Gasteiger partial charge is 0.418 e. The number of amides is 2. The van der Waals surface area contributed by atoms with Gasteiger partial charge in [0.25, 0.3) is 5.91 Å². The first-order valence-corrected chi connectivity index (χ1v) is 10.4. The van der Waals surface area contributed by atoms with Crippen molar-refractivity contribution < 1.29 is 36.6 Å². The molecule has 0 aromatic heterocycles. The lowest BCUT2D eigenvalue weighted by atomic mass is 10.1. The average Bonchev–Trinajstić information content (AvgIpc) is 2.83. The molecule has 35 heavy (non-hydrogen) atoms. The van der Waals surface area contributed by atoms with Crippen LogP contribution < -0.4 is 20.1 Å². The van der Waals surface area contributed by atoms with Gasteiger partial charge >= 0.3 is 6.18 Å². The molecule has 1 aliphatic heterocycles. The Labute approximate surface area is 197 Å². The molecule has 0 saturated carbocycles. The molecule has 2 amide bonds. The molecule has 6 nitrogen and oxygen atoms in total. The van der Waals surface area contributed by atoms with Crippen molar-refractivity contribution in [3.63, 3.8) is 0 Å². The maximum Gasteiger partial charge on any atom is 0.418 e. The largest absolute Gasteiger partial charge is 0.486 e. The van der Waals surface area contributed by atoms with E-state index in [0.717, 1.165) is 18.2 Å². The van der Waals surface area contributed by atoms with Crippen molar-refractivity contribution in [2.45, 2.75) is 6.18 Å². The van der Waals surface area contributed by atoms with Gasteiger partial charge in [-0.2, -0.15) is 13.2 Å². The Bertz CT molecular complexity index is 1300. The Hall–Kier alpha value is -4.34. The summed E-state index contributed by atoms with van der Waals surface area (Å²) in [5.41, 5.74) is -1.62. The minimum Gasteiger partial charge on any atom is -0.486 e. The topological polar surface area (TPSA) is 76.7 Å². The van der Waals surface area contributed by atoms with Crippen LogP contribution in [0.15, 0.2) is 66.7 Å². The van der Waals surface area contributed by atoms with Crippen LogP contribution in [0, 0.1) is 5.82 Å². The van der Waals surface area contributed by atoms with Gasteiger partial charge in [-0.05, 0) is 54.1 Å². The van der Waals surface area contributed by atoms with Crippen LogP contribution in [0.5, 0.6) is 11.5 Å². The summed E-state index contributed by atoms with van der Waals surface area (Å²) in [6.45, 7) is 0.815. The first kappa shape index (κ1) is 23.8. The number of carbonyl (C=O) groups is 2. The lowest BCUT2D eigenvalue weighted by Gasteiger charge is -2.18. The lowest BCUT2D eigenvalue weighted by molar-refractivity contribution is -0.136. The van der Waals surface area contributed by atoms with Crippen LogP contribution >= 0.6 is 0 Å². The molecule has 0 spiro atoms. The Morgan fingerprint density at radius 3 is 2.37 bits per heavy atom. The number of fused-ring (bicyclic) bond motifs is 1. The normalized spacial score (nSPS) is 12.9. The number of nitrogens with one attached hydrogen (secondary N) is 2. The highest BCUT2D eigenvalue weighted by Crippen LogP contribution is 2.37. The highest BCUT2D eigenvalue weighted by Gasteiger charge is 2.34. The summed E-state index contributed by atoms with van der Waals surface area (Å²) in [6, 6.07) is 12.9. The van der Waals surface area contributed by atoms with Crippen molar-refractivity contribution in [1.82, 2.24) is 0 Å². The summed E-state index contributed by atoms with van der Waals surface area (Å²) in [7, 11) is 0. The molecule has 1 heterocycles. The SMILES string of the molecule is O=C(/C=C/c1ccc2c(c1)OCCO2)Nc1ccc(NC(=O)c2ccccc2F)cc1C(F)(F)F. The fraction of sp³-hybridized carbons (Fsp3) is 0.120. The summed E-state index contributed by atoms with van der Waals surface area (Å²) in [4.78, 5) is 24.5. The van der Waals surface area contributed by atoms with E-state index in [1.54, 1.807) is 18.2 Å². The average molecular weight is 486 g/mol. The maximum atomic E-state index is 13.8. The zero-order valence-corrected chi connectivity index (χ0v) is 18.0. The van der Waals surface area contributed by atoms with Gasteiger partial charge in [-0.15, -0.1) is 0 Å². The molecule has 0 atom stereocenters. The number of anilines is 2. The van der Waals surface area contributed by atoms with Gasteiger partial charge in [0.05, 0.1) is 16.8 Å². The Morgan fingerprint density at radius 2 is 1.63 bits per heavy atom. The van der Waals surface area contributed by atoms with Crippen LogP contribution in [-0.4, -0.2) is 25.0 Å². The Balaban J connectivity index is 1.50. The molecule has 3 aromatic rings. The van der Waals surface area contributed by atoms with Crippen LogP contribution in [0.4, 0.5) is 28.9 Å². The highest BCUT2D eigenvalue weighted by molar-refractivity contribution is 6.05. The van der Waals surface area contributed by atoms with Crippen LogP contribution in [0.25, 0.3) is 6.08 Å². The van der Waals surface area contributed by atoms with Gasteiger partial charge in [0, 0.05) is 11.8 Å². The van der Waals surface area contributed by atoms with Gasteiger partial charge < -0.3 is 20.1 Å². The van der Waals surface area contributed by atoms with E-state index in [1.807, 2.05) is 0 Å². The van der Waals surface area contributed by atoms with E-state index in [0.29, 0.717) is 36.3 Å². The molecule has 180 valence electrons. The van der Waals surface area contributed by atoms with Gasteiger partial charge in [-0.25, -0.2) is 4.39 Å². The second-order valence-electron chi connectivity index (χ2n) is 7.42. The predicted octanol–water partition coefficient (Wildman–Crippen LogP) is 5.52. The summed E-state index contributed by atoms with van der Waals surface area (Å²) >= 11 is 0. The van der Waals surface area contributed by atoms with E-state index < -0.39 is 35.1 Å². The zero-order chi connectivity index (χ0) is 25.0. The van der Waals surface area contributed by atoms with Crippen LogP contribution in [-0.2, 0) is 11.0 Å². The molecule has 1 aliphatic rings. The van der Waals surface area contributed by atoms with Gasteiger partial charge in [-0.1, -0.05) is 18.2 Å². The van der Waals surface area contributed by atoms with Crippen molar-refractivity contribution >= 4 is 29.3 Å². The summed E-state index contributed by atoms with van der Waals surface area (Å²) in [5.74, 6) is -1.44. The lowest BCUT2D eigenvalue weighted by Crippen LogP contribution is -2.17. The van der Waals surface area contributed by atoms with Crippen molar-refractivity contribution in [2.75, 3.05) is 23.8 Å². The number of halogens is 4. The third kappa shape index (κ3) is 5.78. The minimum absolute atomic E-state index is 0.213. The molecule has 4 rings (SSSR count). The molecule has 0 unspecified atom stereocenters. The monoisotopic (exact) mass is 486 g/mol. The number of hydrogen-bond donors (Lipinski definition) is 2. The number of benzene rings is 3. The third-order valence-corrected chi connectivity index (χ3v) is 4.95. The predicted molar refractivity (Wildman–Crippen MR) is 121 cm³/mol. The van der Waals surface area contributed by atoms with E-state index in [1.165, 1.54) is 30.3 Å². The minimum atomic E-state index is -4.83. The Morgan fingerprint density at radius 1 is 0.886 bits per heavy atom. The van der Waals surface area contributed by atoms with Crippen LogP contribution in [0.3, 0.4) is 0 Å².